The molecule has 0 radical (unpaired) electrons. The molecule has 5 heteroatoms. The van der Waals surface area contributed by atoms with Crippen molar-refractivity contribution in [3.05, 3.63) is 60.4 Å². The molecule has 2 aromatic rings. The van der Waals surface area contributed by atoms with Gasteiger partial charge in [0.15, 0.2) is 0 Å². The van der Waals surface area contributed by atoms with Gasteiger partial charge in [-0.15, -0.1) is 0 Å². The lowest BCUT2D eigenvalue weighted by Crippen LogP contribution is -2.42. The highest BCUT2D eigenvalue weighted by Crippen LogP contribution is 2.24. The fourth-order valence-electron chi connectivity index (χ4n) is 1.86. The minimum absolute atomic E-state index is 0.385. The zero-order valence-electron chi connectivity index (χ0n) is 12.8. The largest absolute Gasteiger partial charge is 0.443 e. The maximum absolute atomic E-state index is 13.5. The van der Waals surface area contributed by atoms with E-state index in [1.54, 1.807) is 32.9 Å². The number of rotatable bonds is 3. The molecule has 0 unspecified atom stereocenters. The van der Waals surface area contributed by atoms with Gasteiger partial charge in [-0.2, -0.15) is 0 Å². The second-order valence-electron chi connectivity index (χ2n) is 5.76. The van der Waals surface area contributed by atoms with Gasteiger partial charge in [0, 0.05) is 0 Å². The summed E-state index contributed by atoms with van der Waals surface area (Å²) in [6, 6.07) is 15.1. The minimum atomic E-state index is -0.617. The predicted octanol–water partition coefficient (Wildman–Crippen LogP) is 4.40. The van der Waals surface area contributed by atoms with Crippen molar-refractivity contribution in [3.8, 4) is 0 Å². The Bertz CT molecular complexity index is 639. The van der Waals surface area contributed by atoms with Crippen LogP contribution in [0.25, 0.3) is 0 Å². The van der Waals surface area contributed by atoms with Gasteiger partial charge >= 0.3 is 6.09 Å². The number of halogens is 1. The molecule has 1 amide bonds. The Morgan fingerprint density at radius 3 is 2.27 bits per heavy atom. The van der Waals surface area contributed by atoms with Crippen LogP contribution in [0.5, 0.6) is 0 Å². The molecular weight excluding hydrogens is 283 g/mol. The Morgan fingerprint density at radius 1 is 1.05 bits per heavy atom. The van der Waals surface area contributed by atoms with Crippen LogP contribution in [-0.2, 0) is 4.74 Å². The number of hydrogen-bond donors (Lipinski definition) is 1. The third-order valence-electron chi connectivity index (χ3n) is 2.68. The number of benzene rings is 2. The van der Waals surface area contributed by atoms with E-state index in [9.17, 15) is 9.18 Å². The molecule has 116 valence electrons. The van der Waals surface area contributed by atoms with Crippen molar-refractivity contribution in [1.82, 2.24) is 5.43 Å². The number of anilines is 2. The van der Waals surface area contributed by atoms with E-state index in [1.165, 1.54) is 17.1 Å². The Kier molecular flexibility index (Phi) is 4.65. The summed E-state index contributed by atoms with van der Waals surface area (Å²) >= 11 is 0. The summed E-state index contributed by atoms with van der Waals surface area (Å²) in [7, 11) is 0. The summed E-state index contributed by atoms with van der Waals surface area (Å²) < 4.78 is 18.7. The van der Waals surface area contributed by atoms with E-state index < -0.39 is 11.7 Å². The molecule has 0 aliphatic heterocycles. The molecule has 22 heavy (non-hydrogen) atoms. The van der Waals surface area contributed by atoms with E-state index in [0.29, 0.717) is 11.4 Å². The average molecular weight is 302 g/mol. The van der Waals surface area contributed by atoms with Gasteiger partial charge in [0.2, 0.25) is 0 Å². The number of carbonyl (C=O) groups excluding carboxylic acids is 1. The zero-order chi connectivity index (χ0) is 16.2. The number of para-hydroxylation sites is 1. The first-order valence-corrected chi connectivity index (χ1v) is 6.95. The number of hydrazine groups is 1. The molecule has 0 aliphatic carbocycles. The normalized spacial score (nSPS) is 10.9. The van der Waals surface area contributed by atoms with E-state index >= 15 is 0 Å². The van der Waals surface area contributed by atoms with Crippen LogP contribution in [0.15, 0.2) is 54.6 Å². The first-order chi connectivity index (χ1) is 10.3. The molecule has 0 aromatic heterocycles. The van der Waals surface area contributed by atoms with Crippen LogP contribution in [0.4, 0.5) is 20.6 Å². The summed E-state index contributed by atoms with van der Waals surface area (Å²) in [6.07, 6.45) is -0.611. The van der Waals surface area contributed by atoms with Gasteiger partial charge in [0.05, 0.1) is 11.4 Å². The minimum Gasteiger partial charge on any atom is -0.443 e. The van der Waals surface area contributed by atoms with Gasteiger partial charge in [0.1, 0.15) is 11.4 Å². The number of carbonyl (C=O) groups is 1. The quantitative estimate of drug-likeness (QED) is 0.854. The maximum Gasteiger partial charge on any atom is 0.426 e. The van der Waals surface area contributed by atoms with Gasteiger partial charge in [-0.25, -0.2) is 14.6 Å². The van der Waals surface area contributed by atoms with E-state index in [0.717, 1.165) is 0 Å². The second kappa shape index (κ2) is 6.47. The second-order valence-corrected chi connectivity index (χ2v) is 5.76. The van der Waals surface area contributed by atoms with Gasteiger partial charge in [-0.3, -0.25) is 5.01 Å². The van der Waals surface area contributed by atoms with Crippen molar-refractivity contribution in [1.29, 1.82) is 0 Å². The van der Waals surface area contributed by atoms with Crippen molar-refractivity contribution < 1.29 is 13.9 Å². The molecule has 0 spiro atoms. The molecule has 2 rings (SSSR count). The molecule has 0 saturated carbocycles. The molecule has 0 atom stereocenters. The van der Waals surface area contributed by atoms with Crippen molar-refractivity contribution in [2.45, 2.75) is 26.4 Å². The molecule has 0 bridgehead atoms. The first-order valence-electron chi connectivity index (χ1n) is 6.95. The SMILES string of the molecule is CC(C)(C)OC(=O)NN(c1ccccc1)c1cccc(F)c1. The van der Waals surface area contributed by atoms with Crippen LogP contribution in [-0.4, -0.2) is 11.7 Å². The third kappa shape index (κ3) is 4.48. The smallest absolute Gasteiger partial charge is 0.426 e. The maximum atomic E-state index is 13.5. The van der Waals surface area contributed by atoms with Crippen molar-refractivity contribution in [2.24, 2.45) is 0 Å². The lowest BCUT2D eigenvalue weighted by atomic mass is 10.2. The Balaban J connectivity index is 2.29. The van der Waals surface area contributed by atoms with Gasteiger partial charge in [-0.1, -0.05) is 24.3 Å². The van der Waals surface area contributed by atoms with E-state index in [1.807, 2.05) is 30.3 Å². The number of hydrogen-bond acceptors (Lipinski definition) is 3. The molecule has 2 aromatic carbocycles. The summed E-state index contributed by atoms with van der Waals surface area (Å²) in [5.41, 5.74) is 3.21. The molecule has 0 heterocycles. The van der Waals surface area contributed by atoms with Crippen molar-refractivity contribution in [3.63, 3.8) is 0 Å². The number of nitrogens with zero attached hydrogens (tertiary/aromatic N) is 1. The predicted molar refractivity (Wildman–Crippen MR) is 84.4 cm³/mol. The van der Waals surface area contributed by atoms with Gasteiger partial charge in [0.25, 0.3) is 0 Å². The third-order valence-corrected chi connectivity index (χ3v) is 2.68. The lowest BCUT2D eigenvalue weighted by molar-refractivity contribution is 0.0528. The Hall–Kier alpha value is -2.56. The summed E-state index contributed by atoms with van der Waals surface area (Å²) in [6.45, 7) is 5.34. The molecule has 0 saturated heterocycles. The molecule has 4 nitrogen and oxygen atoms in total. The van der Waals surface area contributed by atoms with Crippen molar-refractivity contribution in [2.75, 3.05) is 5.01 Å². The van der Waals surface area contributed by atoms with E-state index in [2.05, 4.69) is 5.43 Å². The lowest BCUT2D eigenvalue weighted by Gasteiger charge is -2.27. The van der Waals surface area contributed by atoms with Crippen LogP contribution in [0.3, 0.4) is 0 Å². The summed E-state index contributed by atoms with van der Waals surface area (Å²) in [5, 5.41) is 1.48. The van der Waals surface area contributed by atoms with Crippen LogP contribution in [0.1, 0.15) is 20.8 Å². The Morgan fingerprint density at radius 2 is 1.68 bits per heavy atom. The number of amides is 1. The molecule has 0 aliphatic rings. The topological polar surface area (TPSA) is 41.6 Å². The Labute approximate surface area is 129 Å². The standard InChI is InChI=1S/C17H19FN2O2/c1-17(2,3)22-16(21)19-20(14-9-5-4-6-10-14)15-11-7-8-13(18)12-15/h4-12H,1-3H3,(H,19,21). The van der Waals surface area contributed by atoms with Crippen LogP contribution >= 0.6 is 0 Å². The monoisotopic (exact) mass is 302 g/mol. The van der Waals surface area contributed by atoms with Gasteiger partial charge in [-0.05, 0) is 51.1 Å². The molecule has 0 fully saturated rings. The van der Waals surface area contributed by atoms with Crippen LogP contribution in [0.2, 0.25) is 0 Å². The molecular formula is C17H19FN2O2. The number of ether oxygens (including phenoxy) is 1. The molecule has 1 N–H and O–H groups in total. The fraction of sp³-hybridized carbons (Fsp3) is 0.235. The highest BCUT2D eigenvalue weighted by atomic mass is 19.1. The average Bonchev–Trinajstić information content (AvgIpc) is 2.44. The van der Waals surface area contributed by atoms with Gasteiger partial charge < -0.3 is 4.74 Å². The van der Waals surface area contributed by atoms with Crippen LogP contribution < -0.4 is 10.4 Å². The van der Waals surface area contributed by atoms with E-state index in [4.69, 9.17) is 4.74 Å². The highest BCUT2D eigenvalue weighted by Gasteiger charge is 2.19. The summed E-state index contributed by atoms with van der Waals surface area (Å²) in [4.78, 5) is 12.0. The summed E-state index contributed by atoms with van der Waals surface area (Å²) in [5.74, 6) is -0.385. The zero-order valence-corrected chi connectivity index (χ0v) is 12.8. The first kappa shape index (κ1) is 15.8. The highest BCUT2D eigenvalue weighted by molar-refractivity contribution is 5.75. The fourth-order valence-corrected chi connectivity index (χ4v) is 1.86. The van der Waals surface area contributed by atoms with Crippen molar-refractivity contribution >= 4 is 17.5 Å². The van der Waals surface area contributed by atoms with E-state index in [-0.39, 0.29) is 5.82 Å². The number of nitrogens with one attached hydrogen (secondary N) is 1. The van der Waals surface area contributed by atoms with Crippen LogP contribution in [0, 0.1) is 5.82 Å².